The zero-order valence-corrected chi connectivity index (χ0v) is 17.9. The zero-order valence-electron chi connectivity index (χ0n) is 16.8. The van der Waals surface area contributed by atoms with Crippen molar-refractivity contribution in [2.45, 2.75) is 105 Å². The minimum Gasteiger partial charge on any atom is -0.662 e. The van der Waals surface area contributed by atoms with E-state index >= 15 is 0 Å². The number of unbranched alkanes of at least 4 members (excludes halogenated alkanes) is 8. The maximum atomic E-state index is 4.45. The van der Waals surface area contributed by atoms with Gasteiger partial charge in [-0.05, 0) is 0 Å². The third-order valence-electron chi connectivity index (χ3n) is 3.68. The standard InChI is InChI=1S/2C10H22N.Al/c2*1-3-5-7-9-11-10-8-6-4-2;/h2*3-10H2,1-2H3;/q2*-1;+2. The maximum absolute atomic E-state index is 4.45. The SMILES string of the molecule is CCCCC[N-]CCCCC.CCCCC[N-]CCCCC.[Al+2]. The van der Waals surface area contributed by atoms with E-state index < -0.39 is 0 Å². The first-order chi connectivity index (χ1) is 10.8. The first-order valence-corrected chi connectivity index (χ1v) is 10.1. The molecule has 137 valence electrons. The van der Waals surface area contributed by atoms with Gasteiger partial charge in [0, 0.05) is 0 Å². The van der Waals surface area contributed by atoms with Crippen molar-refractivity contribution in [1.29, 1.82) is 0 Å². The van der Waals surface area contributed by atoms with E-state index in [9.17, 15) is 0 Å². The van der Waals surface area contributed by atoms with Gasteiger partial charge in [-0.1, -0.05) is 105 Å². The molecule has 1 radical (unpaired) electrons. The average molecular weight is 340 g/mol. The Morgan fingerprint density at radius 2 is 0.609 bits per heavy atom. The summed E-state index contributed by atoms with van der Waals surface area (Å²) in [5.74, 6) is 0. The Labute approximate surface area is 159 Å². The molecule has 0 aliphatic heterocycles. The van der Waals surface area contributed by atoms with Crippen molar-refractivity contribution in [2.75, 3.05) is 26.2 Å². The van der Waals surface area contributed by atoms with E-state index in [0.29, 0.717) is 0 Å². The summed E-state index contributed by atoms with van der Waals surface area (Å²) in [7, 11) is 0. The van der Waals surface area contributed by atoms with Crippen LogP contribution < -0.4 is 0 Å². The minimum absolute atomic E-state index is 0. The molecule has 0 aliphatic rings. The summed E-state index contributed by atoms with van der Waals surface area (Å²) in [5.41, 5.74) is 0. The maximum Gasteiger partial charge on any atom is 2.00 e. The summed E-state index contributed by atoms with van der Waals surface area (Å²) < 4.78 is 0. The smallest absolute Gasteiger partial charge is 0.662 e. The van der Waals surface area contributed by atoms with E-state index in [1.807, 2.05) is 0 Å². The molecule has 0 spiro atoms. The fraction of sp³-hybridized carbons (Fsp3) is 1.00. The molecule has 0 aliphatic carbocycles. The number of nitrogens with zero attached hydrogens (tertiary/aromatic N) is 2. The van der Waals surface area contributed by atoms with Crippen molar-refractivity contribution in [1.82, 2.24) is 0 Å². The number of rotatable bonds is 16. The van der Waals surface area contributed by atoms with Crippen molar-refractivity contribution in [3.8, 4) is 0 Å². The van der Waals surface area contributed by atoms with Gasteiger partial charge < -0.3 is 10.6 Å². The van der Waals surface area contributed by atoms with Crippen molar-refractivity contribution in [3.63, 3.8) is 0 Å². The molecule has 0 N–H and O–H groups in total. The molecule has 3 heteroatoms. The van der Waals surface area contributed by atoms with Crippen LogP contribution in [-0.2, 0) is 0 Å². The summed E-state index contributed by atoms with van der Waals surface area (Å²) in [4.78, 5) is 0. The van der Waals surface area contributed by atoms with Crippen LogP contribution in [0.15, 0.2) is 0 Å². The van der Waals surface area contributed by atoms with Crippen LogP contribution in [0.1, 0.15) is 105 Å². The van der Waals surface area contributed by atoms with Crippen LogP contribution in [0.5, 0.6) is 0 Å². The molecule has 0 unspecified atom stereocenters. The molecule has 0 aromatic heterocycles. The number of hydrogen-bond donors (Lipinski definition) is 0. The summed E-state index contributed by atoms with van der Waals surface area (Å²) in [6.07, 6.45) is 15.8. The van der Waals surface area contributed by atoms with Crippen molar-refractivity contribution in [3.05, 3.63) is 10.6 Å². The van der Waals surface area contributed by atoms with Crippen LogP contribution >= 0.6 is 0 Å². The normalized spacial score (nSPS) is 9.91. The molecule has 0 atom stereocenters. The Morgan fingerprint density at radius 3 is 0.783 bits per heavy atom. The molecule has 0 amide bonds. The predicted octanol–water partition coefficient (Wildman–Crippen LogP) is 7.10. The van der Waals surface area contributed by atoms with E-state index in [-0.39, 0.29) is 17.4 Å². The van der Waals surface area contributed by atoms with Gasteiger partial charge in [0.1, 0.15) is 0 Å². The average Bonchev–Trinajstić information content (AvgIpc) is 2.54. The Morgan fingerprint density at radius 1 is 0.391 bits per heavy atom. The Kier molecular flexibility index (Phi) is 37.3. The quantitative estimate of drug-likeness (QED) is 0.212. The van der Waals surface area contributed by atoms with E-state index in [1.54, 1.807) is 0 Å². The Hall–Kier alpha value is 0.452. The fourth-order valence-corrected chi connectivity index (χ4v) is 2.12. The second kappa shape index (κ2) is 30.3. The van der Waals surface area contributed by atoms with Crippen LogP contribution in [0.3, 0.4) is 0 Å². The first-order valence-electron chi connectivity index (χ1n) is 10.1. The van der Waals surface area contributed by atoms with Gasteiger partial charge in [-0.15, -0.1) is 26.2 Å². The minimum atomic E-state index is 0. The molecule has 0 saturated heterocycles. The summed E-state index contributed by atoms with van der Waals surface area (Å²) in [6, 6.07) is 0. The van der Waals surface area contributed by atoms with Crippen LogP contribution in [0.2, 0.25) is 0 Å². The molecule has 2 nitrogen and oxygen atoms in total. The fourth-order valence-electron chi connectivity index (χ4n) is 2.12. The molecule has 0 rings (SSSR count). The van der Waals surface area contributed by atoms with Gasteiger partial charge in [-0.25, -0.2) is 0 Å². The van der Waals surface area contributed by atoms with Gasteiger partial charge in [-0.3, -0.25) is 0 Å². The molecule has 0 fully saturated rings. The van der Waals surface area contributed by atoms with E-state index in [0.717, 1.165) is 26.2 Å². The molecular formula is C20H44AlN2. The summed E-state index contributed by atoms with van der Waals surface area (Å²) in [5, 5.41) is 8.89. The Balaban J connectivity index is -0.000000333. The molecule has 0 aromatic carbocycles. The predicted molar refractivity (Wildman–Crippen MR) is 110 cm³/mol. The van der Waals surface area contributed by atoms with Gasteiger partial charge in [-0.2, -0.15) is 0 Å². The Bertz CT molecular complexity index is 132. The monoisotopic (exact) mass is 339 g/mol. The molecule has 0 saturated carbocycles. The van der Waals surface area contributed by atoms with Gasteiger partial charge in [0.05, 0.1) is 0 Å². The van der Waals surface area contributed by atoms with Gasteiger partial charge in [0.25, 0.3) is 0 Å². The summed E-state index contributed by atoms with van der Waals surface area (Å²) in [6.45, 7) is 13.3. The van der Waals surface area contributed by atoms with Crippen LogP contribution in [0.25, 0.3) is 10.6 Å². The molecule has 0 bridgehead atoms. The molecular weight excluding hydrogens is 295 g/mol. The molecule has 0 aromatic rings. The van der Waals surface area contributed by atoms with E-state index in [4.69, 9.17) is 0 Å². The van der Waals surface area contributed by atoms with E-state index in [2.05, 4.69) is 38.3 Å². The van der Waals surface area contributed by atoms with Crippen LogP contribution in [-0.4, -0.2) is 43.5 Å². The van der Waals surface area contributed by atoms with Crippen molar-refractivity contribution < 1.29 is 0 Å². The third kappa shape index (κ3) is 34.7. The topological polar surface area (TPSA) is 28.2 Å². The first kappa shape index (κ1) is 28.3. The van der Waals surface area contributed by atoms with Gasteiger partial charge in [0.2, 0.25) is 0 Å². The summed E-state index contributed by atoms with van der Waals surface area (Å²) >= 11 is 0. The second-order valence-electron chi connectivity index (χ2n) is 6.17. The molecule has 23 heavy (non-hydrogen) atoms. The van der Waals surface area contributed by atoms with Crippen molar-refractivity contribution in [2.24, 2.45) is 0 Å². The largest absolute Gasteiger partial charge is 2.00 e. The molecule has 0 heterocycles. The van der Waals surface area contributed by atoms with Gasteiger partial charge >= 0.3 is 17.4 Å². The van der Waals surface area contributed by atoms with Crippen molar-refractivity contribution >= 4 is 17.4 Å². The third-order valence-corrected chi connectivity index (χ3v) is 3.68. The van der Waals surface area contributed by atoms with Crippen LogP contribution in [0, 0.1) is 0 Å². The van der Waals surface area contributed by atoms with E-state index in [1.165, 1.54) is 77.0 Å². The number of hydrogen-bond acceptors (Lipinski definition) is 0. The van der Waals surface area contributed by atoms with Gasteiger partial charge in [0.15, 0.2) is 0 Å². The second-order valence-corrected chi connectivity index (χ2v) is 6.17. The van der Waals surface area contributed by atoms with Crippen LogP contribution in [0.4, 0.5) is 0 Å². The zero-order chi connectivity index (χ0) is 16.7.